The molecular weight excluding hydrogens is 156 g/mol. The van der Waals surface area contributed by atoms with E-state index in [9.17, 15) is 9.59 Å². The first kappa shape index (κ1) is 9.23. The first-order valence-electron chi connectivity index (χ1n) is 4.08. The Balaban J connectivity index is 2.99. The molecule has 1 aliphatic rings. The van der Waals surface area contributed by atoms with Crippen LogP contribution in [0.15, 0.2) is 0 Å². The second-order valence-corrected chi connectivity index (χ2v) is 3.94. The predicted molar refractivity (Wildman–Crippen MR) is 43.5 cm³/mol. The number of carbonyl (C=O) groups excluding carboxylic acids is 2. The van der Waals surface area contributed by atoms with E-state index in [0.29, 0.717) is 0 Å². The fourth-order valence-corrected chi connectivity index (χ4v) is 1.62. The topological polar surface area (TPSA) is 43.4 Å². The normalized spacial score (nSPS) is 33.2. The zero-order chi connectivity index (χ0) is 9.52. The van der Waals surface area contributed by atoms with Gasteiger partial charge in [-0.2, -0.15) is 0 Å². The third-order valence-electron chi connectivity index (χ3n) is 2.73. The fraction of sp³-hybridized carbons (Fsp3) is 0.778. The lowest BCUT2D eigenvalue weighted by Crippen LogP contribution is -2.33. The zero-order valence-electron chi connectivity index (χ0n) is 7.88. The van der Waals surface area contributed by atoms with Gasteiger partial charge in [-0.25, -0.2) is 0 Å². The highest BCUT2D eigenvalue weighted by molar-refractivity contribution is 6.00. The lowest BCUT2D eigenvalue weighted by molar-refractivity contribution is -0.146. The molecule has 1 saturated heterocycles. The van der Waals surface area contributed by atoms with Gasteiger partial charge in [0.2, 0.25) is 0 Å². The maximum Gasteiger partial charge on any atom is 0.317 e. The zero-order valence-corrected chi connectivity index (χ0v) is 7.88. The predicted octanol–water partition coefficient (Wildman–Crippen LogP) is 1.16. The van der Waals surface area contributed by atoms with Gasteiger partial charge in [0.15, 0.2) is 0 Å². The van der Waals surface area contributed by atoms with Crippen molar-refractivity contribution in [3.05, 3.63) is 0 Å². The minimum atomic E-state index is -0.576. The molecule has 0 radical (unpaired) electrons. The Kier molecular flexibility index (Phi) is 1.98. The van der Waals surface area contributed by atoms with Crippen LogP contribution in [0.4, 0.5) is 0 Å². The van der Waals surface area contributed by atoms with Crippen molar-refractivity contribution in [1.82, 2.24) is 0 Å². The van der Waals surface area contributed by atoms with E-state index >= 15 is 0 Å². The quantitative estimate of drug-likeness (QED) is 0.438. The molecule has 1 heterocycles. The minimum absolute atomic E-state index is 0.102. The highest BCUT2D eigenvalue weighted by Gasteiger charge is 2.51. The smallest absolute Gasteiger partial charge is 0.317 e. The summed E-state index contributed by atoms with van der Waals surface area (Å²) >= 11 is 0. The van der Waals surface area contributed by atoms with E-state index in [1.54, 1.807) is 0 Å². The van der Waals surface area contributed by atoms with Gasteiger partial charge in [-0.15, -0.1) is 0 Å². The summed E-state index contributed by atoms with van der Waals surface area (Å²) < 4.78 is 4.99. The van der Waals surface area contributed by atoms with Crippen molar-refractivity contribution >= 4 is 11.8 Å². The molecule has 0 aromatic heterocycles. The fourth-order valence-electron chi connectivity index (χ4n) is 1.62. The molecule has 68 valence electrons. The molecular formula is C9H14O3. The third kappa shape index (κ3) is 1.13. The molecule has 3 nitrogen and oxygen atoms in total. The van der Waals surface area contributed by atoms with E-state index in [1.165, 1.54) is 6.92 Å². The van der Waals surface area contributed by atoms with E-state index in [-0.39, 0.29) is 23.3 Å². The van der Waals surface area contributed by atoms with Gasteiger partial charge in [-0.3, -0.25) is 9.59 Å². The molecule has 0 N–H and O–H groups in total. The van der Waals surface area contributed by atoms with Gasteiger partial charge < -0.3 is 4.74 Å². The van der Waals surface area contributed by atoms with Crippen LogP contribution in [0.3, 0.4) is 0 Å². The number of esters is 1. The summed E-state index contributed by atoms with van der Waals surface area (Å²) in [5.74, 6) is -1.05. The van der Waals surface area contributed by atoms with Crippen LogP contribution in [-0.4, -0.2) is 17.9 Å². The Bertz CT molecular complexity index is 230. The van der Waals surface area contributed by atoms with Gasteiger partial charge in [-0.05, 0) is 13.8 Å². The molecule has 0 amide bonds. The van der Waals surface area contributed by atoms with Crippen molar-refractivity contribution in [3.8, 4) is 0 Å². The summed E-state index contributed by atoms with van der Waals surface area (Å²) in [6.07, 6.45) is -0.168. The molecule has 3 heteroatoms. The van der Waals surface area contributed by atoms with Crippen LogP contribution < -0.4 is 0 Å². The van der Waals surface area contributed by atoms with E-state index in [2.05, 4.69) is 0 Å². The van der Waals surface area contributed by atoms with Crippen LogP contribution in [0.2, 0.25) is 0 Å². The Labute approximate surface area is 72.1 Å². The molecule has 1 aliphatic heterocycles. The number of hydrogen-bond donors (Lipinski definition) is 0. The second kappa shape index (κ2) is 2.57. The lowest BCUT2D eigenvalue weighted by Gasteiger charge is -2.24. The van der Waals surface area contributed by atoms with Crippen molar-refractivity contribution in [2.45, 2.75) is 33.8 Å². The lowest BCUT2D eigenvalue weighted by atomic mass is 9.75. The summed E-state index contributed by atoms with van der Waals surface area (Å²) in [5.41, 5.74) is -0.358. The summed E-state index contributed by atoms with van der Waals surface area (Å²) in [6, 6.07) is 0. The highest BCUT2D eigenvalue weighted by atomic mass is 16.6. The van der Waals surface area contributed by atoms with Crippen molar-refractivity contribution in [3.63, 3.8) is 0 Å². The van der Waals surface area contributed by atoms with Gasteiger partial charge >= 0.3 is 5.97 Å². The molecule has 0 aromatic rings. The van der Waals surface area contributed by atoms with Crippen LogP contribution in [0.1, 0.15) is 27.7 Å². The molecule has 2 atom stereocenters. The number of cyclic esters (lactones) is 1. The minimum Gasteiger partial charge on any atom is -0.461 e. The summed E-state index contributed by atoms with van der Waals surface area (Å²) in [4.78, 5) is 22.3. The number of rotatable bonds is 1. The van der Waals surface area contributed by atoms with E-state index in [0.717, 1.165) is 0 Å². The van der Waals surface area contributed by atoms with Crippen molar-refractivity contribution < 1.29 is 14.3 Å². The van der Waals surface area contributed by atoms with E-state index < -0.39 is 5.92 Å². The maximum absolute atomic E-state index is 11.2. The maximum atomic E-state index is 11.2. The molecule has 0 saturated carbocycles. The second-order valence-electron chi connectivity index (χ2n) is 3.94. The Morgan fingerprint density at radius 2 is 2.00 bits per heavy atom. The molecule has 1 rings (SSSR count). The molecule has 0 aliphatic carbocycles. The Morgan fingerprint density at radius 1 is 1.50 bits per heavy atom. The van der Waals surface area contributed by atoms with Gasteiger partial charge in [0.05, 0.1) is 0 Å². The van der Waals surface area contributed by atoms with Crippen LogP contribution in [0, 0.1) is 11.3 Å². The first-order chi connectivity index (χ1) is 5.37. The highest BCUT2D eigenvalue weighted by Crippen LogP contribution is 2.40. The van der Waals surface area contributed by atoms with E-state index in [4.69, 9.17) is 4.74 Å². The van der Waals surface area contributed by atoms with Gasteiger partial charge in [0, 0.05) is 5.41 Å². The third-order valence-corrected chi connectivity index (χ3v) is 2.73. The number of ketones is 1. The molecule has 12 heavy (non-hydrogen) atoms. The summed E-state index contributed by atoms with van der Waals surface area (Å²) in [6.45, 7) is 7.02. The van der Waals surface area contributed by atoms with Crippen molar-refractivity contribution in [2.75, 3.05) is 0 Å². The van der Waals surface area contributed by atoms with Crippen molar-refractivity contribution in [1.29, 1.82) is 0 Å². The average Bonchev–Trinajstić information content (AvgIpc) is 2.02. The largest absolute Gasteiger partial charge is 0.461 e. The molecule has 0 aromatic carbocycles. The monoisotopic (exact) mass is 170 g/mol. The number of Topliss-reactive ketones (excluding diaryl/α,β-unsaturated/α-hetero) is 1. The van der Waals surface area contributed by atoms with Gasteiger partial charge in [0.25, 0.3) is 0 Å². The Hall–Kier alpha value is -0.860. The molecule has 0 spiro atoms. The average molecular weight is 170 g/mol. The molecule has 1 fully saturated rings. The van der Waals surface area contributed by atoms with Crippen LogP contribution >= 0.6 is 0 Å². The standard InChI is InChI=1S/C9H14O3/c1-5(10)7-8(11)12-6(2)9(7,3)4/h6-7H,1-4H3/t6-,7-/m1/s1. The SMILES string of the molecule is CC(=O)[C@@H]1C(=O)O[C@H](C)C1(C)C. The van der Waals surface area contributed by atoms with E-state index in [1.807, 2.05) is 20.8 Å². The first-order valence-corrected chi connectivity index (χ1v) is 4.08. The van der Waals surface area contributed by atoms with Crippen LogP contribution in [0.5, 0.6) is 0 Å². The van der Waals surface area contributed by atoms with Crippen LogP contribution in [-0.2, 0) is 14.3 Å². The summed E-state index contributed by atoms with van der Waals surface area (Å²) in [5, 5.41) is 0. The van der Waals surface area contributed by atoms with Gasteiger partial charge in [0.1, 0.15) is 17.8 Å². The van der Waals surface area contributed by atoms with Gasteiger partial charge in [-0.1, -0.05) is 13.8 Å². The summed E-state index contributed by atoms with van der Waals surface area (Å²) in [7, 11) is 0. The van der Waals surface area contributed by atoms with Crippen molar-refractivity contribution in [2.24, 2.45) is 11.3 Å². The Morgan fingerprint density at radius 3 is 2.17 bits per heavy atom. The molecule has 0 unspecified atom stereocenters. The number of hydrogen-bond acceptors (Lipinski definition) is 3. The van der Waals surface area contributed by atoms with Crippen LogP contribution in [0.25, 0.3) is 0 Å². The molecule has 0 bridgehead atoms. The number of ether oxygens (including phenoxy) is 1. The number of carbonyl (C=O) groups is 2.